The molecule has 3 N–H and O–H groups in total. The molecule has 0 aliphatic heterocycles. The number of pyridine rings is 2. The zero-order chi connectivity index (χ0) is 14.3. The highest BCUT2D eigenvalue weighted by Crippen LogP contribution is 2.31. The van der Waals surface area contributed by atoms with Crippen LogP contribution in [0.3, 0.4) is 0 Å². The number of hydrogen-bond acceptors (Lipinski definition) is 3. The van der Waals surface area contributed by atoms with Gasteiger partial charge in [-0.15, -0.1) is 0 Å². The van der Waals surface area contributed by atoms with Gasteiger partial charge in [0, 0.05) is 23.3 Å². The second-order valence-electron chi connectivity index (χ2n) is 4.26. The highest BCUT2D eigenvalue weighted by Gasteiger charge is 2.30. The van der Waals surface area contributed by atoms with Gasteiger partial charge in [-0.25, -0.2) is 4.98 Å². The molecule has 0 aliphatic carbocycles. The molecule has 0 fully saturated rings. The highest BCUT2D eigenvalue weighted by atomic mass is 19.4. The largest absolute Gasteiger partial charge is 0.417 e. The van der Waals surface area contributed by atoms with E-state index in [1.54, 1.807) is 18.3 Å². The van der Waals surface area contributed by atoms with Crippen LogP contribution in [0.4, 0.5) is 19.0 Å². The van der Waals surface area contributed by atoms with Gasteiger partial charge in [0.2, 0.25) is 0 Å². The standard InChI is InChI=1S/C13H9F3N4/c14-13(15,16)7-1-2-10(19-6-7)9-5-11(17)20-12-8(9)3-4-18-12/h1-6H,(H3,17,18,20). The predicted molar refractivity (Wildman–Crippen MR) is 68.7 cm³/mol. The molecule has 0 bridgehead atoms. The average Bonchev–Trinajstić information content (AvgIpc) is 2.85. The Labute approximate surface area is 111 Å². The molecule has 0 unspecified atom stereocenters. The molecular formula is C13H9F3N4. The molecule has 7 heteroatoms. The number of anilines is 1. The van der Waals surface area contributed by atoms with Crippen LogP contribution in [0, 0.1) is 0 Å². The summed E-state index contributed by atoms with van der Waals surface area (Å²) in [4.78, 5) is 10.9. The van der Waals surface area contributed by atoms with Crippen molar-refractivity contribution in [2.75, 3.05) is 5.73 Å². The van der Waals surface area contributed by atoms with E-state index in [1.165, 1.54) is 6.07 Å². The van der Waals surface area contributed by atoms with Gasteiger partial charge in [0.15, 0.2) is 0 Å². The van der Waals surface area contributed by atoms with E-state index in [1.807, 2.05) is 0 Å². The number of aromatic amines is 1. The second-order valence-corrected chi connectivity index (χ2v) is 4.26. The second kappa shape index (κ2) is 4.22. The van der Waals surface area contributed by atoms with Crippen molar-refractivity contribution in [3.63, 3.8) is 0 Å². The Balaban J connectivity index is 2.14. The summed E-state index contributed by atoms with van der Waals surface area (Å²) < 4.78 is 37.5. The molecule has 102 valence electrons. The first-order valence-electron chi connectivity index (χ1n) is 5.72. The zero-order valence-corrected chi connectivity index (χ0v) is 10.1. The van der Waals surface area contributed by atoms with Crippen molar-refractivity contribution in [3.8, 4) is 11.3 Å². The minimum Gasteiger partial charge on any atom is -0.384 e. The van der Waals surface area contributed by atoms with Crippen LogP contribution in [0.5, 0.6) is 0 Å². The summed E-state index contributed by atoms with van der Waals surface area (Å²) in [6.07, 6.45) is -1.90. The Morgan fingerprint density at radius 2 is 1.95 bits per heavy atom. The number of nitrogen functional groups attached to an aromatic ring is 1. The minimum absolute atomic E-state index is 0.275. The van der Waals surface area contributed by atoms with Gasteiger partial charge in [-0.05, 0) is 24.3 Å². The van der Waals surface area contributed by atoms with Gasteiger partial charge in [-0.3, -0.25) is 4.98 Å². The number of halogens is 3. The lowest BCUT2D eigenvalue weighted by atomic mass is 10.1. The van der Waals surface area contributed by atoms with Crippen LogP contribution in [0.15, 0.2) is 36.7 Å². The fourth-order valence-corrected chi connectivity index (χ4v) is 1.99. The molecular weight excluding hydrogens is 269 g/mol. The van der Waals surface area contributed by atoms with Crippen LogP contribution in [-0.2, 0) is 6.18 Å². The Hall–Kier alpha value is -2.57. The Kier molecular flexibility index (Phi) is 2.63. The van der Waals surface area contributed by atoms with E-state index in [-0.39, 0.29) is 5.82 Å². The third-order valence-electron chi connectivity index (χ3n) is 2.92. The summed E-state index contributed by atoms with van der Waals surface area (Å²) in [5.41, 5.74) is 6.52. The number of rotatable bonds is 1. The van der Waals surface area contributed by atoms with Gasteiger partial charge in [-0.1, -0.05) is 0 Å². The molecule has 3 aromatic rings. The van der Waals surface area contributed by atoms with E-state index >= 15 is 0 Å². The summed E-state index contributed by atoms with van der Waals surface area (Å²) in [5.74, 6) is 0.275. The van der Waals surface area contributed by atoms with Gasteiger partial charge in [0.05, 0.1) is 11.3 Å². The quantitative estimate of drug-likeness (QED) is 0.718. The molecule has 0 spiro atoms. The maximum atomic E-state index is 12.5. The number of hydrogen-bond donors (Lipinski definition) is 2. The molecule has 3 heterocycles. The van der Waals surface area contributed by atoms with Crippen LogP contribution in [0.25, 0.3) is 22.3 Å². The third kappa shape index (κ3) is 2.07. The molecule has 3 rings (SSSR count). The van der Waals surface area contributed by atoms with E-state index in [9.17, 15) is 13.2 Å². The molecule has 0 saturated heterocycles. The van der Waals surface area contributed by atoms with Crippen LogP contribution in [0.1, 0.15) is 5.56 Å². The Morgan fingerprint density at radius 3 is 2.60 bits per heavy atom. The summed E-state index contributed by atoms with van der Waals surface area (Å²) in [5, 5.41) is 0.756. The fraction of sp³-hybridized carbons (Fsp3) is 0.0769. The topological polar surface area (TPSA) is 67.6 Å². The van der Waals surface area contributed by atoms with Crippen LogP contribution in [0.2, 0.25) is 0 Å². The van der Waals surface area contributed by atoms with Crippen molar-refractivity contribution in [3.05, 3.63) is 42.2 Å². The van der Waals surface area contributed by atoms with Crippen LogP contribution >= 0.6 is 0 Å². The van der Waals surface area contributed by atoms with Crippen LogP contribution in [-0.4, -0.2) is 15.0 Å². The lowest BCUT2D eigenvalue weighted by Crippen LogP contribution is -2.05. The number of aromatic nitrogens is 3. The highest BCUT2D eigenvalue weighted by molar-refractivity contribution is 5.93. The van der Waals surface area contributed by atoms with Crippen molar-refractivity contribution >= 4 is 16.9 Å². The molecule has 0 aromatic carbocycles. The van der Waals surface area contributed by atoms with E-state index in [4.69, 9.17) is 5.73 Å². The fourth-order valence-electron chi connectivity index (χ4n) is 1.99. The van der Waals surface area contributed by atoms with Gasteiger partial charge in [-0.2, -0.15) is 13.2 Å². The lowest BCUT2D eigenvalue weighted by Gasteiger charge is -2.08. The third-order valence-corrected chi connectivity index (χ3v) is 2.92. The number of nitrogens with two attached hydrogens (primary N) is 1. The van der Waals surface area contributed by atoms with Crippen molar-refractivity contribution in [2.45, 2.75) is 6.18 Å². The average molecular weight is 278 g/mol. The van der Waals surface area contributed by atoms with Crippen LogP contribution < -0.4 is 5.73 Å². The Bertz CT molecular complexity index is 759. The number of H-pyrrole nitrogens is 1. The van der Waals surface area contributed by atoms with Gasteiger partial charge in [0.1, 0.15) is 11.5 Å². The minimum atomic E-state index is -4.40. The summed E-state index contributed by atoms with van der Waals surface area (Å²) in [6, 6.07) is 5.68. The molecule has 0 saturated carbocycles. The van der Waals surface area contributed by atoms with Crippen molar-refractivity contribution in [1.29, 1.82) is 0 Å². The first kappa shape index (κ1) is 12.5. The van der Waals surface area contributed by atoms with Gasteiger partial charge >= 0.3 is 6.18 Å². The smallest absolute Gasteiger partial charge is 0.384 e. The van der Waals surface area contributed by atoms with Gasteiger partial charge in [0.25, 0.3) is 0 Å². The SMILES string of the molecule is Nc1cc(-c2ccc(C(F)(F)F)cn2)c2cc[nH]c2n1. The lowest BCUT2D eigenvalue weighted by molar-refractivity contribution is -0.137. The van der Waals surface area contributed by atoms with E-state index in [0.29, 0.717) is 16.9 Å². The molecule has 0 amide bonds. The molecule has 3 aromatic heterocycles. The molecule has 0 radical (unpaired) electrons. The maximum absolute atomic E-state index is 12.5. The number of nitrogens with zero attached hydrogens (tertiary/aromatic N) is 2. The maximum Gasteiger partial charge on any atom is 0.417 e. The summed E-state index contributed by atoms with van der Waals surface area (Å²) in [6.45, 7) is 0. The molecule has 0 atom stereocenters. The number of nitrogens with one attached hydrogen (secondary N) is 1. The monoisotopic (exact) mass is 278 g/mol. The molecule has 20 heavy (non-hydrogen) atoms. The summed E-state index contributed by atoms with van der Waals surface area (Å²) in [7, 11) is 0. The number of alkyl halides is 3. The normalized spacial score (nSPS) is 11.9. The van der Waals surface area contributed by atoms with Gasteiger partial charge < -0.3 is 10.7 Å². The first-order chi connectivity index (χ1) is 9.45. The van der Waals surface area contributed by atoms with Crippen molar-refractivity contribution in [2.24, 2.45) is 0 Å². The van der Waals surface area contributed by atoms with Crippen molar-refractivity contribution in [1.82, 2.24) is 15.0 Å². The van der Waals surface area contributed by atoms with Crippen molar-refractivity contribution < 1.29 is 13.2 Å². The molecule has 4 nitrogen and oxygen atoms in total. The number of fused-ring (bicyclic) bond motifs is 1. The predicted octanol–water partition coefficient (Wildman–Crippen LogP) is 3.23. The van der Waals surface area contributed by atoms with E-state index < -0.39 is 11.7 Å². The van der Waals surface area contributed by atoms with E-state index in [2.05, 4.69) is 15.0 Å². The zero-order valence-electron chi connectivity index (χ0n) is 10.1. The first-order valence-corrected chi connectivity index (χ1v) is 5.72. The summed E-state index contributed by atoms with van der Waals surface area (Å²) >= 11 is 0. The Morgan fingerprint density at radius 1 is 1.15 bits per heavy atom. The molecule has 0 aliphatic rings. The van der Waals surface area contributed by atoms with E-state index in [0.717, 1.165) is 17.6 Å².